The van der Waals surface area contributed by atoms with Gasteiger partial charge in [0.1, 0.15) is 0 Å². The molecule has 5 heteroatoms. The van der Waals surface area contributed by atoms with E-state index in [0.29, 0.717) is 6.54 Å². The van der Waals surface area contributed by atoms with Crippen molar-refractivity contribution in [3.8, 4) is 0 Å². The molecule has 0 aliphatic rings. The Morgan fingerprint density at radius 1 is 0.842 bits per heavy atom. The third-order valence-corrected chi connectivity index (χ3v) is 2.70. The molecule has 2 rings (SSSR count). The van der Waals surface area contributed by atoms with E-state index in [2.05, 4.69) is 0 Å². The predicted octanol–water partition coefficient (Wildman–Crippen LogP) is 1.42. The molecule has 5 nitrogen and oxygen atoms in total. The molecule has 1 aromatic heterocycles. The fourth-order valence-corrected chi connectivity index (χ4v) is 1.67. The summed E-state index contributed by atoms with van der Waals surface area (Å²) in [5.74, 6) is -1.91. The number of hydrogen-bond acceptors (Lipinski definition) is 2. The van der Waals surface area contributed by atoms with Gasteiger partial charge in [-0.2, -0.15) is 0 Å². The summed E-state index contributed by atoms with van der Waals surface area (Å²) in [4.78, 5) is 21.4. The molecule has 0 aliphatic carbocycles. The van der Waals surface area contributed by atoms with Crippen LogP contribution in [0.5, 0.6) is 0 Å². The third kappa shape index (κ3) is 3.16. The molecule has 0 unspecified atom stereocenters. The molecule has 0 atom stereocenters. The molecule has 0 spiro atoms. The van der Waals surface area contributed by atoms with E-state index in [1.807, 2.05) is 4.57 Å². The lowest BCUT2D eigenvalue weighted by Gasteiger charge is -1.99. The number of carboxylic acid groups (broad SMARTS) is 2. The third-order valence-electron chi connectivity index (χ3n) is 2.70. The SMILES string of the molecule is O=C(O)c1ccc(C[n+]2ccc(C(=O)O)cc2)cc1. The zero-order valence-corrected chi connectivity index (χ0v) is 9.98. The lowest BCUT2D eigenvalue weighted by molar-refractivity contribution is -0.688. The number of aromatic carboxylic acids is 2. The van der Waals surface area contributed by atoms with Crippen LogP contribution < -0.4 is 4.57 Å². The molecule has 2 N–H and O–H groups in total. The van der Waals surface area contributed by atoms with Gasteiger partial charge >= 0.3 is 11.9 Å². The molecule has 0 aliphatic heterocycles. The number of carbonyl (C=O) groups is 2. The summed E-state index contributed by atoms with van der Waals surface area (Å²) in [7, 11) is 0. The summed E-state index contributed by atoms with van der Waals surface area (Å²) in [6.07, 6.45) is 3.35. The van der Waals surface area contributed by atoms with Crippen LogP contribution >= 0.6 is 0 Å². The second-order valence-corrected chi connectivity index (χ2v) is 4.07. The quantitative estimate of drug-likeness (QED) is 0.813. The van der Waals surface area contributed by atoms with Gasteiger partial charge in [-0.1, -0.05) is 12.1 Å². The van der Waals surface area contributed by atoms with Crippen molar-refractivity contribution in [2.75, 3.05) is 0 Å². The predicted molar refractivity (Wildman–Crippen MR) is 66.1 cm³/mol. The highest BCUT2D eigenvalue weighted by molar-refractivity contribution is 5.87. The summed E-state index contributed by atoms with van der Waals surface area (Å²) in [6.45, 7) is 0.555. The summed E-state index contributed by atoms with van der Waals surface area (Å²) in [6, 6.07) is 9.61. The fourth-order valence-electron chi connectivity index (χ4n) is 1.67. The van der Waals surface area contributed by atoms with Gasteiger partial charge in [-0.15, -0.1) is 0 Å². The number of nitrogens with zero attached hydrogens (tertiary/aromatic N) is 1. The number of benzene rings is 1. The van der Waals surface area contributed by atoms with Crippen LogP contribution in [0.1, 0.15) is 26.3 Å². The van der Waals surface area contributed by atoms with Crippen molar-refractivity contribution in [2.24, 2.45) is 0 Å². The number of aromatic nitrogens is 1. The van der Waals surface area contributed by atoms with Gasteiger partial charge in [0.25, 0.3) is 0 Å². The van der Waals surface area contributed by atoms with Crippen LogP contribution in [0.15, 0.2) is 48.8 Å². The standard InChI is InChI=1S/C14H11NO4/c16-13(17)11-3-1-10(2-4-11)9-15-7-5-12(6-8-15)14(18)19/h1-8H,9H2,(H-,16,17,18,19)/p+1. The maximum Gasteiger partial charge on any atom is 0.336 e. The number of hydrogen-bond donors (Lipinski definition) is 2. The minimum absolute atomic E-state index is 0.234. The van der Waals surface area contributed by atoms with Gasteiger partial charge in [0.05, 0.1) is 11.1 Å². The first-order valence-electron chi connectivity index (χ1n) is 5.61. The van der Waals surface area contributed by atoms with E-state index in [0.717, 1.165) is 5.56 Å². The van der Waals surface area contributed by atoms with Gasteiger partial charge in [-0.25, -0.2) is 14.2 Å². The topological polar surface area (TPSA) is 78.5 Å². The van der Waals surface area contributed by atoms with Crippen LogP contribution in [0.3, 0.4) is 0 Å². The number of rotatable bonds is 4. The Kier molecular flexibility index (Phi) is 3.56. The van der Waals surface area contributed by atoms with Gasteiger partial charge in [0, 0.05) is 17.7 Å². The molecular formula is C14H12NO4+. The Hall–Kier alpha value is -2.69. The smallest absolute Gasteiger partial charge is 0.336 e. The molecular weight excluding hydrogens is 246 g/mol. The van der Waals surface area contributed by atoms with Gasteiger partial charge in [-0.3, -0.25) is 0 Å². The molecule has 0 saturated heterocycles. The van der Waals surface area contributed by atoms with Gasteiger partial charge in [-0.05, 0) is 12.1 Å². The first-order valence-corrected chi connectivity index (χ1v) is 5.61. The normalized spacial score (nSPS) is 10.1. The lowest BCUT2D eigenvalue weighted by atomic mass is 10.1. The molecule has 96 valence electrons. The monoisotopic (exact) mass is 258 g/mol. The van der Waals surface area contributed by atoms with Crippen LogP contribution in [0.25, 0.3) is 0 Å². The molecule has 2 aromatic rings. The zero-order chi connectivity index (χ0) is 13.8. The second-order valence-electron chi connectivity index (χ2n) is 4.07. The second kappa shape index (κ2) is 5.30. The van der Waals surface area contributed by atoms with E-state index >= 15 is 0 Å². The molecule has 0 radical (unpaired) electrons. The van der Waals surface area contributed by atoms with E-state index in [1.165, 1.54) is 12.1 Å². The maximum absolute atomic E-state index is 10.7. The Bertz CT molecular complexity index is 547. The Morgan fingerprint density at radius 3 is 1.79 bits per heavy atom. The Morgan fingerprint density at radius 2 is 1.32 bits per heavy atom. The van der Waals surface area contributed by atoms with Crippen LogP contribution in [0, 0.1) is 0 Å². The molecule has 0 fully saturated rings. The van der Waals surface area contributed by atoms with E-state index in [4.69, 9.17) is 10.2 Å². The van der Waals surface area contributed by atoms with Crippen molar-refractivity contribution < 1.29 is 24.4 Å². The number of pyridine rings is 1. The molecule has 0 amide bonds. The van der Waals surface area contributed by atoms with Gasteiger partial charge in [0.2, 0.25) is 0 Å². The fraction of sp³-hybridized carbons (Fsp3) is 0.0714. The molecule has 1 aromatic carbocycles. The van der Waals surface area contributed by atoms with Gasteiger partial charge < -0.3 is 10.2 Å². The van der Waals surface area contributed by atoms with Crippen molar-refractivity contribution in [1.82, 2.24) is 0 Å². The van der Waals surface area contributed by atoms with Crippen molar-refractivity contribution in [3.63, 3.8) is 0 Å². The minimum Gasteiger partial charge on any atom is -0.478 e. The first kappa shape index (κ1) is 12.8. The highest BCUT2D eigenvalue weighted by Gasteiger charge is 2.08. The highest BCUT2D eigenvalue weighted by Crippen LogP contribution is 2.04. The average molecular weight is 258 g/mol. The van der Waals surface area contributed by atoms with E-state index in [1.54, 1.807) is 36.7 Å². The van der Waals surface area contributed by atoms with Crippen LogP contribution in [0.4, 0.5) is 0 Å². The van der Waals surface area contributed by atoms with E-state index < -0.39 is 11.9 Å². The summed E-state index contributed by atoms with van der Waals surface area (Å²) in [5, 5.41) is 17.6. The largest absolute Gasteiger partial charge is 0.478 e. The van der Waals surface area contributed by atoms with E-state index in [9.17, 15) is 9.59 Å². The number of carboxylic acids is 2. The van der Waals surface area contributed by atoms with Crippen molar-refractivity contribution in [3.05, 3.63) is 65.5 Å². The van der Waals surface area contributed by atoms with Crippen molar-refractivity contribution >= 4 is 11.9 Å². The minimum atomic E-state index is -0.960. The van der Waals surface area contributed by atoms with Crippen LogP contribution in [0.2, 0.25) is 0 Å². The molecule has 1 heterocycles. The zero-order valence-electron chi connectivity index (χ0n) is 9.98. The highest BCUT2D eigenvalue weighted by atomic mass is 16.4. The average Bonchev–Trinajstić information content (AvgIpc) is 2.40. The molecule has 0 saturated carbocycles. The van der Waals surface area contributed by atoms with Crippen molar-refractivity contribution in [1.29, 1.82) is 0 Å². The summed E-state index contributed by atoms with van der Waals surface area (Å²) in [5.41, 5.74) is 1.42. The van der Waals surface area contributed by atoms with E-state index in [-0.39, 0.29) is 11.1 Å². The molecule has 0 bridgehead atoms. The lowest BCUT2D eigenvalue weighted by Crippen LogP contribution is -2.33. The summed E-state index contributed by atoms with van der Waals surface area (Å²) < 4.78 is 1.82. The van der Waals surface area contributed by atoms with Crippen LogP contribution in [-0.4, -0.2) is 22.2 Å². The Balaban J connectivity index is 2.12. The first-order chi connectivity index (χ1) is 9.06. The van der Waals surface area contributed by atoms with Crippen LogP contribution in [-0.2, 0) is 6.54 Å². The van der Waals surface area contributed by atoms with Crippen molar-refractivity contribution in [2.45, 2.75) is 6.54 Å². The maximum atomic E-state index is 10.7. The van der Waals surface area contributed by atoms with Gasteiger partial charge in [0.15, 0.2) is 18.9 Å². The Labute approximate surface area is 109 Å². The molecule has 19 heavy (non-hydrogen) atoms. The summed E-state index contributed by atoms with van der Waals surface area (Å²) >= 11 is 0.